The zero-order chi connectivity index (χ0) is 18.0. The number of amidine groups is 1. The minimum absolute atomic E-state index is 0.0111. The normalized spacial score (nSPS) is 17.7. The van der Waals surface area contributed by atoms with Crippen molar-refractivity contribution >= 4 is 46.2 Å². The van der Waals surface area contributed by atoms with Crippen LogP contribution in [0.15, 0.2) is 52.4 Å². The number of aromatic hydroxyl groups is 1. The van der Waals surface area contributed by atoms with Gasteiger partial charge in [0.25, 0.3) is 5.91 Å². The average molecular weight is 377 g/mol. The van der Waals surface area contributed by atoms with Crippen molar-refractivity contribution < 1.29 is 14.3 Å². The first kappa shape index (κ1) is 17.5. The molecule has 1 fully saturated rings. The van der Waals surface area contributed by atoms with E-state index in [0.29, 0.717) is 27.9 Å². The molecule has 0 spiro atoms. The SMILES string of the molecule is CCN1C(=O)/C(=C\c2ccc(O)c(Cl)c2)SC1=Nc1ccc(F)cc1. The summed E-state index contributed by atoms with van der Waals surface area (Å²) in [6.07, 6.45) is 1.70. The molecule has 0 atom stereocenters. The van der Waals surface area contributed by atoms with Crippen LogP contribution in [0.3, 0.4) is 0 Å². The maximum Gasteiger partial charge on any atom is 0.266 e. The fourth-order valence-electron chi connectivity index (χ4n) is 2.26. The monoisotopic (exact) mass is 376 g/mol. The van der Waals surface area contributed by atoms with Gasteiger partial charge in [0, 0.05) is 6.54 Å². The Morgan fingerprint density at radius 1 is 1.28 bits per heavy atom. The predicted octanol–water partition coefficient (Wildman–Crippen LogP) is 4.81. The number of carbonyl (C=O) groups excluding carboxylic acids is 1. The zero-order valence-corrected chi connectivity index (χ0v) is 14.8. The van der Waals surface area contributed by atoms with Crippen molar-refractivity contribution in [2.75, 3.05) is 6.54 Å². The molecule has 0 bridgehead atoms. The molecule has 0 radical (unpaired) electrons. The summed E-state index contributed by atoms with van der Waals surface area (Å²) in [7, 11) is 0. The second-order valence-electron chi connectivity index (χ2n) is 5.24. The van der Waals surface area contributed by atoms with E-state index in [9.17, 15) is 14.3 Å². The van der Waals surface area contributed by atoms with Crippen LogP contribution in [0.4, 0.5) is 10.1 Å². The van der Waals surface area contributed by atoms with E-state index < -0.39 is 0 Å². The van der Waals surface area contributed by atoms with Gasteiger partial charge in [-0.2, -0.15) is 0 Å². The number of halogens is 2. The summed E-state index contributed by atoms with van der Waals surface area (Å²) in [5.74, 6) is -0.503. The first-order chi connectivity index (χ1) is 12.0. The molecular formula is C18H14ClFN2O2S. The van der Waals surface area contributed by atoms with Gasteiger partial charge in [0.15, 0.2) is 5.17 Å². The Bertz CT molecular complexity index is 881. The van der Waals surface area contributed by atoms with Gasteiger partial charge in [0.2, 0.25) is 0 Å². The number of hydrogen-bond acceptors (Lipinski definition) is 4. The molecule has 25 heavy (non-hydrogen) atoms. The highest BCUT2D eigenvalue weighted by molar-refractivity contribution is 8.18. The van der Waals surface area contributed by atoms with Crippen molar-refractivity contribution in [2.24, 2.45) is 4.99 Å². The number of carbonyl (C=O) groups is 1. The number of benzene rings is 2. The molecule has 128 valence electrons. The summed E-state index contributed by atoms with van der Waals surface area (Å²) in [6.45, 7) is 2.33. The lowest BCUT2D eigenvalue weighted by Crippen LogP contribution is -2.28. The van der Waals surface area contributed by atoms with Crippen molar-refractivity contribution in [1.29, 1.82) is 0 Å². The molecule has 1 aliphatic heterocycles. The van der Waals surface area contributed by atoms with Crippen LogP contribution in [0, 0.1) is 5.82 Å². The van der Waals surface area contributed by atoms with Crippen molar-refractivity contribution in [3.63, 3.8) is 0 Å². The Kier molecular flexibility index (Phi) is 5.11. The molecule has 1 saturated heterocycles. The summed E-state index contributed by atoms with van der Waals surface area (Å²) in [4.78, 5) is 19.1. The molecule has 4 nitrogen and oxygen atoms in total. The number of phenolic OH excluding ortho intramolecular Hbond substituents is 1. The average Bonchev–Trinajstić information content (AvgIpc) is 2.88. The van der Waals surface area contributed by atoms with E-state index in [4.69, 9.17) is 11.6 Å². The second-order valence-corrected chi connectivity index (χ2v) is 6.66. The van der Waals surface area contributed by atoms with E-state index in [1.807, 2.05) is 6.92 Å². The smallest absolute Gasteiger partial charge is 0.266 e. The van der Waals surface area contributed by atoms with Gasteiger partial charge in [-0.1, -0.05) is 17.7 Å². The standard InChI is InChI=1S/C18H14ClFN2O2S/c1-2-22-17(24)16(10-11-3-8-15(23)14(19)9-11)25-18(22)21-13-6-4-12(20)5-7-13/h3-10,23H,2H2,1H3/b16-10+,21-18?. The van der Waals surface area contributed by atoms with Gasteiger partial charge in [0.1, 0.15) is 11.6 Å². The molecule has 0 saturated carbocycles. The van der Waals surface area contributed by atoms with E-state index in [2.05, 4.69) is 4.99 Å². The molecule has 1 heterocycles. The lowest BCUT2D eigenvalue weighted by molar-refractivity contribution is -0.122. The molecule has 1 amide bonds. The summed E-state index contributed by atoms with van der Waals surface area (Å²) in [5.41, 5.74) is 1.28. The number of amides is 1. The summed E-state index contributed by atoms with van der Waals surface area (Å²) in [6, 6.07) is 10.5. The van der Waals surface area contributed by atoms with E-state index >= 15 is 0 Å². The Balaban J connectivity index is 1.92. The van der Waals surface area contributed by atoms with Crippen LogP contribution in [-0.4, -0.2) is 27.6 Å². The second kappa shape index (κ2) is 7.29. The number of thioether (sulfide) groups is 1. The third-order valence-corrected chi connectivity index (χ3v) is 4.83. The summed E-state index contributed by atoms with van der Waals surface area (Å²) < 4.78 is 13.0. The topological polar surface area (TPSA) is 52.9 Å². The van der Waals surface area contributed by atoms with Gasteiger partial charge >= 0.3 is 0 Å². The maximum absolute atomic E-state index is 13.0. The van der Waals surface area contributed by atoms with Crippen molar-refractivity contribution in [3.05, 3.63) is 63.8 Å². The van der Waals surface area contributed by atoms with Gasteiger partial charge in [-0.25, -0.2) is 9.38 Å². The molecule has 0 unspecified atom stereocenters. The van der Waals surface area contributed by atoms with Gasteiger partial charge in [-0.15, -0.1) is 0 Å². The quantitative estimate of drug-likeness (QED) is 0.782. The van der Waals surface area contributed by atoms with Crippen LogP contribution in [0.25, 0.3) is 6.08 Å². The van der Waals surface area contributed by atoms with Crippen LogP contribution in [0.2, 0.25) is 5.02 Å². The first-order valence-corrected chi connectivity index (χ1v) is 8.71. The zero-order valence-electron chi connectivity index (χ0n) is 13.2. The van der Waals surface area contributed by atoms with E-state index in [0.717, 1.165) is 0 Å². The van der Waals surface area contributed by atoms with Gasteiger partial charge in [-0.3, -0.25) is 9.69 Å². The highest BCUT2D eigenvalue weighted by Crippen LogP contribution is 2.35. The van der Waals surface area contributed by atoms with Gasteiger partial charge < -0.3 is 5.11 Å². The third-order valence-electron chi connectivity index (χ3n) is 3.53. The molecule has 3 rings (SSSR count). The summed E-state index contributed by atoms with van der Waals surface area (Å²) >= 11 is 7.15. The molecule has 1 N–H and O–H groups in total. The lowest BCUT2D eigenvalue weighted by Gasteiger charge is -2.11. The van der Waals surface area contributed by atoms with Crippen LogP contribution < -0.4 is 0 Å². The maximum atomic E-state index is 13.0. The van der Waals surface area contributed by atoms with Crippen LogP contribution >= 0.6 is 23.4 Å². The Hall–Kier alpha value is -2.31. The number of phenols is 1. The number of rotatable bonds is 3. The first-order valence-electron chi connectivity index (χ1n) is 7.52. The van der Waals surface area contributed by atoms with E-state index in [1.54, 1.807) is 35.2 Å². The van der Waals surface area contributed by atoms with E-state index in [-0.39, 0.29) is 22.5 Å². The molecule has 7 heteroatoms. The number of hydrogen-bond donors (Lipinski definition) is 1. The molecular weight excluding hydrogens is 363 g/mol. The van der Waals surface area contributed by atoms with Crippen LogP contribution in [-0.2, 0) is 4.79 Å². The van der Waals surface area contributed by atoms with Crippen molar-refractivity contribution in [1.82, 2.24) is 4.90 Å². The van der Waals surface area contributed by atoms with Gasteiger partial charge in [-0.05, 0) is 66.7 Å². The third kappa shape index (κ3) is 3.86. The lowest BCUT2D eigenvalue weighted by atomic mass is 10.2. The minimum atomic E-state index is -0.337. The Morgan fingerprint density at radius 3 is 2.64 bits per heavy atom. The number of likely N-dealkylation sites (N-methyl/N-ethyl adjacent to an activating group) is 1. The highest BCUT2D eigenvalue weighted by atomic mass is 35.5. The fraction of sp³-hybridized carbons (Fsp3) is 0.111. The van der Waals surface area contributed by atoms with Crippen LogP contribution in [0.5, 0.6) is 5.75 Å². The fourth-order valence-corrected chi connectivity index (χ4v) is 3.51. The van der Waals surface area contributed by atoms with Crippen LogP contribution in [0.1, 0.15) is 12.5 Å². The largest absolute Gasteiger partial charge is 0.506 e. The molecule has 2 aromatic carbocycles. The highest BCUT2D eigenvalue weighted by Gasteiger charge is 2.32. The number of aliphatic imine (C=N–C) groups is 1. The minimum Gasteiger partial charge on any atom is -0.506 e. The molecule has 2 aromatic rings. The van der Waals surface area contributed by atoms with Crippen molar-refractivity contribution in [3.8, 4) is 5.75 Å². The molecule has 0 aliphatic carbocycles. The Labute approximate surface area is 153 Å². The molecule has 1 aliphatic rings. The van der Waals surface area contributed by atoms with Gasteiger partial charge in [0.05, 0.1) is 15.6 Å². The molecule has 0 aromatic heterocycles. The van der Waals surface area contributed by atoms with E-state index in [1.165, 1.54) is 30.0 Å². The predicted molar refractivity (Wildman–Crippen MR) is 99.6 cm³/mol. The number of nitrogens with zero attached hydrogens (tertiary/aromatic N) is 2. The summed E-state index contributed by atoms with van der Waals surface area (Å²) in [5, 5.41) is 10.2. The Morgan fingerprint density at radius 2 is 2.00 bits per heavy atom. The van der Waals surface area contributed by atoms with Crippen molar-refractivity contribution in [2.45, 2.75) is 6.92 Å².